The van der Waals surface area contributed by atoms with E-state index in [4.69, 9.17) is 15.2 Å². The lowest BCUT2D eigenvalue weighted by Gasteiger charge is -2.29. The highest BCUT2D eigenvalue weighted by Crippen LogP contribution is 2.19. The summed E-state index contributed by atoms with van der Waals surface area (Å²) in [4.78, 5) is 62.4. The third kappa shape index (κ3) is 23.2. The molecule has 0 radical (unpaired) electrons. The topological polar surface area (TPSA) is 198 Å². The zero-order valence-electron chi connectivity index (χ0n) is 29.1. The maximum atomic E-state index is 13.3. The first-order valence-electron chi connectivity index (χ1n) is 17.9. The predicted octanol–water partition coefficient (Wildman–Crippen LogP) is 4.85. The van der Waals surface area contributed by atoms with E-state index >= 15 is 0 Å². The van der Waals surface area contributed by atoms with Gasteiger partial charge in [0.2, 0.25) is 11.8 Å². The summed E-state index contributed by atoms with van der Waals surface area (Å²) in [5.74, 6) is -5.55. The number of amides is 4. The number of hydrogen-bond acceptors (Lipinski definition) is 8. The number of nitrogens with two attached hydrogens (primary N) is 1. The van der Waals surface area contributed by atoms with Crippen molar-refractivity contribution in [1.29, 1.82) is 0 Å². The Balaban J connectivity index is 4.53. The minimum Gasteiger partial charge on any atom is -0.481 e. The molecular weight excluding hydrogens is 608 g/mol. The molecule has 0 saturated carbocycles. The van der Waals surface area contributed by atoms with Crippen molar-refractivity contribution in [2.45, 2.75) is 135 Å². The monoisotopic (exact) mass is 672 g/mol. The van der Waals surface area contributed by atoms with E-state index in [9.17, 15) is 34.2 Å². The summed E-state index contributed by atoms with van der Waals surface area (Å²) >= 11 is 0. The minimum absolute atomic E-state index is 0.0289. The van der Waals surface area contributed by atoms with Crippen LogP contribution in [0.1, 0.15) is 129 Å². The number of carbonyl (C=O) groups is 5. The van der Waals surface area contributed by atoms with Gasteiger partial charge in [-0.2, -0.15) is 0 Å². The Labute approximate surface area is 282 Å². The second-order valence-electron chi connectivity index (χ2n) is 12.0. The number of carbonyl (C=O) groups excluding carboxylic acids is 3. The lowest BCUT2D eigenvalue weighted by atomic mass is 9.97. The summed E-state index contributed by atoms with van der Waals surface area (Å²) in [6, 6.07) is -2.49. The number of urea groups is 1. The number of hydrogen-bond donors (Lipinski definition) is 5. The highest BCUT2D eigenvalue weighted by Gasteiger charge is 2.39. The highest BCUT2D eigenvalue weighted by molar-refractivity contribution is 6.06. The normalized spacial score (nSPS) is 12.3. The molecule has 13 nitrogen and oxygen atoms in total. The molecule has 274 valence electrons. The molecule has 0 aliphatic carbocycles. The fraction of sp³-hybridized carbons (Fsp3) is 0.853. The lowest BCUT2D eigenvalue weighted by molar-refractivity contribution is -0.156. The molecule has 0 aliphatic rings. The molecule has 0 rings (SSSR count). The van der Waals surface area contributed by atoms with Crippen LogP contribution in [0.3, 0.4) is 0 Å². The predicted molar refractivity (Wildman–Crippen MR) is 181 cm³/mol. The van der Waals surface area contributed by atoms with Crippen LogP contribution in [0, 0.1) is 5.92 Å². The first-order valence-corrected chi connectivity index (χ1v) is 17.9. The number of carboxylic acids is 2. The molecule has 13 heteroatoms. The Bertz CT molecular complexity index is 859. The highest BCUT2D eigenvalue weighted by atomic mass is 16.5. The Kier molecular flexibility index (Phi) is 28.8. The number of unbranched alkanes of at least 4 members (excludes halogenated alkanes) is 14. The van der Waals surface area contributed by atoms with Gasteiger partial charge in [-0.1, -0.05) is 104 Å². The number of imide groups is 1. The second-order valence-corrected chi connectivity index (χ2v) is 12.0. The van der Waals surface area contributed by atoms with Crippen molar-refractivity contribution in [3.8, 4) is 0 Å². The minimum atomic E-state index is -1.52. The summed E-state index contributed by atoms with van der Waals surface area (Å²) in [6.45, 7) is 5.11. The van der Waals surface area contributed by atoms with Crippen molar-refractivity contribution >= 4 is 29.8 Å². The van der Waals surface area contributed by atoms with Gasteiger partial charge in [0.1, 0.15) is 18.6 Å². The summed E-state index contributed by atoms with van der Waals surface area (Å²) in [6.07, 6.45) is 17.2. The quantitative estimate of drug-likeness (QED) is 0.0487. The molecule has 0 fully saturated rings. The van der Waals surface area contributed by atoms with E-state index in [1.165, 1.54) is 58.3 Å². The van der Waals surface area contributed by atoms with Gasteiger partial charge in [-0.05, 0) is 32.2 Å². The number of nitrogens with one attached hydrogen (secondary N) is 2. The van der Waals surface area contributed by atoms with Crippen molar-refractivity contribution in [2.24, 2.45) is 11.7 Å². The number of rotatable bonds is 32. The van der Waals surface area contributed by atoms with Crippen LogP contribution in [0.2, 0.25) is 0 Å². The average Bonchev–Trinajstić information content (AvgIpc) is 3.04. The smallest absolute Gasteiger partial charge is 0.326 e. The van der Waals surface area contributed by atoms with Gasteiger partial charge in [0, 0.05) is 13.1 Å². The van der Waals surface area contributed by atoms with Gasteiger partial charge >= 0.3 is 18.0 Å². The van der Waals surface area contributed by atoms with Crippen LogP contribution in [0.4, 0.5) is 4.79 Å². The van der Waals surface area contributed by atoms with Crippen LogP contribution >= 0.6 is 0 Å². The van der Waals surface area contributed by atoms with Gasteiger partial charge in [-0.15, -0.1) is 0 Å². The van der Waals surface area contributed by atoms with Crippen LogP contribution in [-0.4, -0.2) is 97.0 Å². The summed E-state index contributed by atoms with van der Waals surface area (Å²) in [7, 11) is 0. The van der Waals surface area contributed by atoms with Crippen molar-refractivity contribution in [2.75, 3.05) is 46.1 Å². The second kappa shape index (κ2) is 30.6. The zero-order valence-corrected chi connectivity index (χ0v) is 29.1. The van der Waals surface area contributed by atoms with E-state index in [1.807, 2.05) is 0 Å². The Hall–Kier alpha value is -2.77. The van der Waals surface area contributed by atoms with Crippen LogP contribution in [0.15, 0.2) is 0 Å². The van der Waals surface area contributed by atoms with Crippen LogP contribution < -0.4 is 16.4 Å². The van der Waals surface area contributed by atoms with Crippen LogP contribution in [-0.2, 0) is 28.7 Å². The molecule has 6 N–H and O–H groups in total. The van der Waals surface area contributed by atoms with Crippen LogP contribution in [0.25, 0.3) is 0 Å². The van der Waals surface area contributed by atoms with Gasteiger partial charge in [-0.25, -0.2) is 14.5 Å². The van der Waals surface area contributed by atoms with Crippen molar-refractivity contribution < 1.29 is 43.7 Å². The van der Waals surface area contributed by atoms with Crippen LogP contribution in [0.5, 0.6) is 0 Å². The van der Waals surface area contributed by atoms with E-state index < -0.39 is 35.8 Å². The van der Waals surface area contributed by atoms with Gasteiger partial charge < -0.3 is 36.1 Å². The molecule has 0 aromatic rings. The van der Waals surface area contributed by atoms with E-state index in [0.29, 0.717) is 24.4 Å². The standard InChI is InChI=1S/C34H64N4O9/c1-3-5-6-7-8-9-10-11-12-13-14-15-17-20-28(32(41)42)31(40)38(29(4-2)33(43)44)34(45)37-23-24-46-25-26-47-27-30(39)36-22-19-16-18-21-35/h28-29H,3-27,35H2,1-2H3,(H,36,39)(H,37,45)(H,41,42)(H,43,44). The molecular formula is C34H64N4O9. The maximum Gasteiger partial charge on any atom is 0.326 e. The molecule has 0 bridgehead atoms. The van der Waals surface area contributed by atoms with Crippen molar-refractivity contribution in [3.05, 3.63) is 0 Å². The lowest BCUT2D eigenvalue weighted by Crippen LogP contribution is -2.55. The first kappa shape index (κ1) is 44.2. The molecule has 0 heterocycles. The summed E-state index contributed by atoms with van der Waals surface area (Å²) in [5, 5.41) is 24.7. The molecule has 2 unspecified atom stereocenters. The summed E-state index contributed by atoms with van der Waals surface area (Å²) in [5.41, 5.74) is 5.43. The number of aliphatic carboxylic acids is 2. The van der Waals surface area contributed by atoms with Gasteiger partial charge in [0.25, 0.3) is 0 Å². The van der Waals surface area contributed by atoms with E-state index in [2.05, 4.69) is 17.6 Å². The molecule has 0 saturated heterocycles. The fourth-order valence-electron chi connectivity index (χ4n) is 5.17. The molecule has 0 aliphatic heterocycles. The molecule has 2 atom stereocenters. The Morgan fingerprint density at radius 1 is 0.660 bits per heavy atom. The average molecular weight is 673 g/mol. The van der Waals surface area contributed by atoms with E-state index in [-0.39, 0.29) is 51.7 Å². The van der Waals surface area contributed by atoms with E-state index in [1.54, 1.807) is 0 Å². The third-order valence-corrected chi connectivity index (χ3v) is 7.96. The maximum absolute atomic E-state index is 13.3. The SMILES string of the molecule is CCCCCCCCCCCCCCCC(C(=O)O)C(=O)N(C(=O)NCCOCCOCC(=O)NCCCCCN)C(CC)C(=O)O. The molecule has 0 aromatic heterocycles. The summed E-state index contributed by atoms with van der Waals surface area (Å²) < 4.78 is 10.6. The fourth-order valence-corrected chi connectivity index (χ4v) is 5.17. The Morgan fingerprint density at radius 2 is 1.21 bits per heavy atom. The zero-order chi connectivity index (χ0) is 35.1. The largest absolute Gasteiger partial charge is 0.481 e. The number of carboxylic acid groups (broad SMARTS) is 2. The van der Waals surface area contributed by atoms with Gasteiger partial charge in [0.15, 0.2) is 0 Å². The van der Waals surface area contributed by atoms with E-state index in [0.717, 1.165) is 44.9 Å². The molecule has 0 spiro atoms. The van der Waals surface area contributed by atoms with Gasteiger partial charge in [-0.3, -0.25) is 14.4 Å². The first-order chi connectivity index (χ1) is 22.7. The number of nitrogens with zero attached hydrogens (tertiary/aromatic N) is 1. The molecule has 47 heavy (non-hydrogen) atoms. The number of ether oxygens (including phenoxy) is 2. The molecule has 4 amide bonds. The molecule has 0 aromatic carbocycles. The van der Waals surface area contributed by atoms with Gasteiger partial charge in [0.05, 0.1) is 19.8 Å². The van der Waals surface area contributed by atoms with Crippen molar-refractivity contribution in [3.63, 3.8) is 0 Å². The van der Waals surface area contributed by atoms with Crippen molar-refractivity contribution in [1.82, 2.24) is 15.5 Å². The third-order valence-electron chi connectivity index (χ3n) is 7.96. The Morgan fingerprint density at radius 3 is 1.74 bits per heavy atom.